The van der Waals surface area contributed by atoms with Gasteiger partial charge in [-0.25, -0.2) is 0 Å². The second-order valence-electron chi connectivity index (χ2n) is 4.79. The SMILES string of the molecule is C[C@@H](NCC(O)COCc1ccco1)c1ccccc1. The lowest BCUT2D eigenvalue weighted by molar-refractivity contribution is 0.0217. The highest BCUT2D eigenvalue weighted by molar-refractivity contribution is 5.17. The van der Waals surface area contributed by atoms with Gasteiger partial charge in [-0.05, 0) is 24.6 Å². The van der Waals surface area contributed by atoms with Crippen LogP contribution in [0.2, 0.25) is 0 Å². The number of furan rings is 1. The fourth-order valence-electron chi connectivity index (χ4n) is 1.92. The summed E-state index contributed by atoms with van der Waals surface area (Å²) >= 11 is 0. The fraction of sp³-hybridized carbons (Fsp3) is 0.375. The minimum atomic E-state index is -0.531. The van der Waals surface area contributed by atoms with Gasteiger partial charge in [0.05, 0.1) is 19.0 Å². The van der Waals surface area contributed by atoms with E-state index >= 15 is 0 Å². The molecular weight excluding hydrogens is 254 g/mol. The number of ether oxygens (including phenoxy) is 1. The maximum atomic E-state index is 9.86. The molecule has 0 bridgehead atoms. The summed E-state index contributed by atoms with van der Waals surface area (Å²) in [4.78, 5) is 0. The molecule has 0 saturated carbocycles. The molecule has 2 rings (SSSR count). The van der Waals surface area contributed by atoms with Crippen LogP contribution in [0.3, 0.4) is 0 Å². The van der Waals surface area contributed by atoms with E-state index in [1.807, 2.05) is 30.3 Å². The van der Waals surface area contributed by atoms with Crippen molar-refractivity contribution in [3.63, 3.8) is 0 Å². The van der Waals surface area contributed by atoms with E-state index < -0.39 is 6.10 Å². The molecule has 0 saturated heterocycles. The predicted molar refractivity (Wildman–Crippen MR) is 77.2 cm³/mol. The molecule has 0 spiro atoms. The molecule has 1 aromatic carbocycles. The number of nitrogens with one attached hydrogen (secondary N) is 1. The van der Waals surface area contributed by atoms with E-state index in [9.17, 15) is 5.11 Å². The summed E-state index contributed by atoms with van der Waals surface area (Å²) in [6.07, 6.45) is 1.08. The molecule has 20 heavy (non-hydrogen) atoms. The molecule has 108 valence electrons. The molecule has 1 aromatic heterocycles. The zero-order valence-electron chi connectivity index (χ0n) is 11.7. The molecular formula is C16H21NO3. The third-order valence-electron chi connectivity index (χ3n) is 3.09. The summed E-state index contributed by atoms with van der Waals surface area (Å²) in [5.41, 5.74) is 1.20. The number of hydrogen-bond donors (Lipinski definition) is 2. The zero-order valence-corrected chi connectivity index (χ0v) is 11.7. The van der Waals surface area contributed by atoms with Gasteiger partial charge in [-0.15, -0.1) is 0 Å². The van der Waals surface area contributed by atoms with Crippen LogP contribution in [0, 0.1) is 0 Å². The zero-order chi connectivity index (χ0) is 14.2. The Kier molecular flexibility index (Phi) is 5.80. The van der Waals surface area contributed by atoms with Gasteiger partial charge in [-0.2, -0.15) is 0 Å². The normalized spacial score (nSPS) is 14.1. The van der Waals surface area contributed by atoms with Crippen LogP contribution >= 0.6 is 0 Å². The van der Waals surface area contributed by atoms with E-state index in [1.54, 1.807) is 6.26 Å². The quantitative estimate of drug-likeness (QED) is 0.777. The number of benzene rings is 1. The standard InChI is InChI=1S/C16H21NO3/c1-13(14-6-3-2-4-7-14)17-10-15(18)11-19-12-16-8-5-9-20-16/h2-9,13,15,17-18H,10-12H2,1H3/t13-,15?/m1/s1. The van der Waals surface area contributed by atoms with Crippen molar-refractivity contribution in [1.29, 1.82) is 0 Å². The Morgan fingerprint density at radius 1 is 1.20 bits per heavy atom. The smallest absolute Gasteiger partial charge is 0.129 e. The highest BCUT2D eigenvalue weighted by Crippen LogP contribution is 2.10. The van der Waals surface area contributed by atoms with E-state index in [1.165, 1.54) is 5.56 Å². The Morgan fingerprint density at radius 2 is 2.00 bits per heavy atom. The van der Waals surface area contributed by atoms with E-state index in [0.29, 0.717) is 13.2 Å². The van der Waals surface area contributed by atoms with Crippen molar-refractivity contribution in [3.05, 3.63) is 60.1 Å². The molecule has 0 amide bonds. The Labute approximate surface area is 119 Å². The molecule has 0 aliphatic carbocycles. The summed E-state index contributed by atoms with van der Waals surface area (Å²) in [5, 5.41) is 13.1. The number of hydrogen-bond acceptors (Lipinski definition) is 4. The lowest BCUT2D eigenvalue weighted by Crippen LogP contribution is -2.32. The molecule has 0 radical (unpaired) electrons. The maximum absolute atomic E-state index is 9.86. The Bertz CT molecular complexity index is 470. The van der Waals surface area contributed by atoms with Crippen molar-refractivity contribution in [2.75, 3.05) is 13.2 Å². The molecule has 2 N–H and O–H groups in total. The molecule has 2 aromatic rings. The van der Waals surface area contributed by atoms with Crippen LogP contribution in [-0.4, -0.2) is 24.4 Å². The minimum Gasteiger partial charge on any atom is -0.467 e. The van der Waals surface area contributed by atoms with E-state index in [4.69, 9.17) is 9.15 Å². The van der Waals surface area contributed by atoms with Gasteiger partial charge in [0.25, 0.3) is 0 Å². The second-order valence-corrected chi connectivity index (χ2v) is 4.79. The molecule has 0 aliphatic heterocycles. The van der Waals surface area contributed by atoms with Crippen molar-refractivity contribution < 1.29 is 14.3 Å². The first-order valence-electron chi connectivity index (χ1n) is 6.82. The summed E-state index contributed by atoms with van der Waals surface area (Å²) in [5.74, 6) is 0.766. The predicted octanol–water partition coefficient (Wildman–Crippen LogP) is 2.51. The Balaban J connectivity index is 1.63. The second kappa shape index (κ2) is 7.85. The summed E-state index contributed by atoms with van der Waals surface area (Å²) < 4.78 is 10.5. The van der Waals surface area contributed by atoms with Gasteiger partial charge < -0.3 is 19.6 Å². The van der Waals surface area contributed by atoms with Gasteiger partial charge >= 0.3 is 0 Å². The fourth-order valence-corrected chi connectivity index (χ4v) is 1.92. The number of aliphatic hydroxyl groups is 1. The minimum absolute atomic E-state index is 0.205. The Hall–Kier alpha value is -1.62. The third-order valence-corrected chi connectivity index (χ3v) is 3.09. The molecule has 1 unspecified atom stereocenters. The van der Waals surface area contributed by atoms with E-state index in [-0.39, 0.29) is 12.6 Å². The van der Waals surface area contributed by atoms with Crippen LogP contribution in [-0.2, 0) is 11.3 Å². The summed E-state index contributed by atoms with van der Waals surface area (Å²) in [7, 11) is 0. The van der Waals surface area contributed by atoms with Crippen molar-refractivity contribution >= 4 is 0 Å². The average molecular weight is 275 g/mol. The lowest BCUT2D eigenvalue weighted by atomic mass is 10.1. The van der Waals surface area contributed by atoms with Crippen LogP contribution < -0.4 is 5.32 Å². The van der Waals surface area contributed by atoms with Crippen LogP contribution in [0.25, 0.3) is 0 Å². The number of aliphatic hydroxyl groups excluding tert-OH is 1. The topological polar surface area (TPSA) is 54.6 Å². The summed E-state index contributed by atoms with van der Waals surface area (Å²) in [6, 6.07) is 14.0. The van der Waals surface area contributed by atoms with Gasteiger partial charge in [0.1, 0.15) is 12.4 Å². The molecule has 0 aliphatic rings. The molecule has 1 heterocycles. The van der Waals surface area contributed by atoms with Gasteiger partial charge in [0.2, 0.25) is 0 Å². The first-order valence-corrected chi connectivity index (χ1v) is 6.82. The van der Waals surface area contributed by atoms with Crippen molar-refractivity contribution in [3.8, 4) is 0 Å². The first kappa shape index (κ1) is 14.8. The monoisotopic (exact) mass is 275 g/mol. The molecule has 2 atom stereocenters. The average Bonchev–Trinajstić information content (AvgIpc) is 2.99. The lowest BCUT2D eigenvalue weighted by Gasteiger charge is -2.17. The summed E-state index contributed by atoms with van der Waals surface area (Å²) in [6.45, 7) is 3.24. The van der Waals surface area contributed by atoms with Crippen molar-refractivity contribution in [2.24, 2.45) is 0 Å². The highest BCUT2D eigenvalue weighted by Gasteiger charge is 2.09. The van der Waals surface area contributed by atoms with Crippen LogP contribution in [0.1, 0.15) is 24.3 Å². The van der Waals surface area contributed by atoms with Gasteiger partial charge in [0, 0.05) is 12.6 Å². The largest absolute Gasteiger partial charge is 0.467 e. The van der Waals surface area contributed by atoms with Gasteiger partial charge in [-0.3, -0.25) is 0 Å². The molecule has 4 nitrogen and oxygen atoms in total. The Morgan fingerprint density at radius 3 is 2.70 bits per heavy atom. The molecule has 0 fully saturated rings. The van der Waals surface area contributed by atoms with Crippen LogP contribution in [0.15, 0.2) is 53.1 Å². The van der Waals surface area contributed by atoms with Crippen molar-refractivity contribution in [1.82, 2.24) is 5.32 Å². The molecule has 4 heteroatoms. The van der Waals surface area contributed by atoms with Gasteiger partial charge in [0.15, 0.2) is 0 Å². The van der Waals surface area contributed by atoms with Crippen LogP contribution in [0.4, 0.5) is 0 Å². The van der Waals surface area contributed by atoms with Gasteiger partial charge in [-0.1, -0.05) is 30.3 Å². The first-order chi connectivity index (χ1) is 9.75. The maximum Gasteiger partial charge on any atom is 0.129 e. The highest BCUT2D eigenvalue weighted by atomic mass is 16.5. The van der Waals surface area contributed by atoms with Crippen molar-refractivity contribution in [2.45, 2.75) is 25.7 Å². The van der Waals surface area contributed by atoms with Crippen LogP contribution in [0.5, 0.6) is 0 Å². The number of rotatable bonds is 8. The van der Waals surface area contributed by atoms with E-state index in [0.717, 1.165) is 5.76 Å². The third kappa shape index (κ3) is 4.81. The van der Waals surface area contributed by atoms with E-state index in [2.05, 4.69) is 24.4 Å².